The number of carboxylic acid groups (broad SMARTS) is 1. The summed E-state index contributed by atoms with van der Waals surface area (Å²) < 4.78 is 0. The Hall–Kier alpha value is -1.77. The van der Waals surface area contributed by atoms with E-state index >= 15 is 0 Å². The first-order chi connectivity index (χ1) is 9.50. The summed E-state index contributed by atoms with van der Waals surface area (Å²) in [5.41, 5.74) is -0.680. The number of hydrogen-bond acceptors (Lipinski definition) is 3. The lowest BCUT2D eigenvalue weighted by Crippen LogP contribution is -2.50. The summed E-state index contributed by atoms with van der Waals surface area (Å²) in [7, 11) is 0. The third-order valence-electron chi connectivity index (χ3n) is 4.27. The van der Waals surface area contributed by atoms with Crippen LogP contribution in [0.15, 0.2) is 0 Å². The van der Waals surface area contributed by atoms with Crippen molar-refractivity contribution >= 4 is 12.0 Å². The van der Waals surface area contributed by atoms with E-state index in [-0.39, 0.29) is 6.03 Å². The molecule has 0 aromatic heterocycles. The Kier molecular flexibility index (Phi) is 5.81. The number of amides is 2. The van der Waals surface area contributed by atoms with Crippen molar-refractivity contribution in [3.63, 3.8) is 0 Å². The molecular formula is C14H23N3O3. The molecule has 0 saturated carbocycles. The molecule has 0 aromatic rings. The lowest BCUT2D eigenvalue weighted by molar-refractivity contribution is -0.152. The number of carboxylic acids is 1. The van der Waals surface area contributed by atoms with Crippen LogP contribution in [-0.2, 0) is 4.79 Å². The van der Waals surface area contributed by atoms with Crippen LogP contribution in [0.25, 0.3) is 0 Å². The Morgan fingerprint density at radius 2 is 1.95 bits per heavy atom. The van der Waals surface area contributed by atoms with Crippen molar-refractivity contribution in [2.75, 3.05) is 26.2 Å². The second-order valence-electron chi connectivity index (χ2n) is 5.20. The van der Waals surface area contributed by atoms with E-state index in [9.17, 15) is 14.7 Å². The number of nitriles is 1. The standard InChI is InChI=1S/C14H23N3O3/c1-3-14(12(18)19)6-10-17(11-7-14)13(20)16(4-2)9-5-8-15/h3-7,9-11H2,1-2H3,(H,18,19). The zero-order chi connectivity index (χ0) is 15.2. The van der Waals surface area contributed by atoms with E-state index in [0.717, 1.165) is 0 Å². The zero-order valence-corrected chi connectivity index (χ0v) is 12.3. The molecule has 1 saturated heterocycles. The van der Waals surface area contributed by atoms with Gasteiger partial charge in [0.05, 0.1) is 17.9 Å². The summed E-state index contributed by atoms with van der Waals surface area (Å²) in [6, 6.07) is 1.95. The van der Waals surface area contributed by atoms with Gasteiger partial charge in [-0.25, -0.2) is 4.79 Å². The fraction of sp³-hybridized carbons (Fsp3) is 0.786. The highest BCUT2D eigenvalue weighted by molar-refractivity contribution is 5.77. The number of carbonyl (C=O) groups is 2. The first kappa shape index (κ1) is 16.3. The summed E-state index contributed by atoms with van der Waals surface area (Å²) in [6.07, 6.45) is 1.92. The van der Waals surface area contributed by atoms with Crippen molar-refractivity contribution in [2.24, 2.45) is 5.41 Å². The second kappa shape index (κ2) is 7.13. The van der Waals surface area contributed by atoms with E-state index in [2.05, 4.69) is 0 Å². The number of nitrogens with zero attached hydrogens (tertiary/aromatic N) is 3. The lowest BCUT2D eigenvalue weighted by atomic mass is 9.76. The highest BCUT2D eigenvalue weighted by Gasteiger charge is 2.41. The van der Waals surface area contributed by atoms with Crippen LogP contribution in [-0.4, -0.2) is 53.1 Å². The minimum Gasteiger partial charge on any atom is -0.481 e. The number of likely N-dealkylation sites (tertiary alicyclic amines) is 1. The molecule has 20 heavy (non-hydrogen) atoms. The molecule has 0 radical (unpaired) electrons. The van der Waals surface area contributed by atoms with Crippen LogP contribution >= 0.6 is 0 Å². The van der Waals surface area contributed by atoms with E-state index in [1.807, 2.05) is 19.9 Å². The van der Waals surface area contributed by atoms with Crippen molar-refractivity contribution in [3.05, 3.63) is 0 Å². The van der Waals surface area contributed by atoms with Crippen LogP contribution in [0.5, 0.6) is 0 Å². The lowest BCUT2D eigenvalue weighted by Gasteiger charge is -2.40. The summed E-state index contributed by atoms with van der Waals surface area (Å²) in [5.74, 6) is -0.760. The molecule has 0 aliphatic carbocycles. The molecule has 1 aliphatic heterocycles. The van der Waals surface area contributed by atoms with Crippen LogP contribution in [0.1, 0.15) is 39.5 Å². The predicted molar refractivity (Wildman–Crippen MR) is 74.0 cm³/mol. The summed E-state index contributed by atoms with van der Waals surface area (Å²) in [6.45, 7) is 5.71. The van der Waals surface area contributed by atoms with Gasteiger partial charge in [0.2, 0.25) is 0 Å². The molecule has 1 N–H and O–H groups in total. The smallest absolute Gasteiger partial charge is 0.320 e. The third kappa shape index (κ3) is 3.41. The number of urea groups is 1. The van der Waals surface area contributed by atoms with Crippen molar-refractivity contribution < 1.29 is 14.7 Å². The fourth-order valence-corrected chi connectivity index (χ4v) is 2.62. The molecule has 6 nitrogen and oxygen atoms in total. The topological polar surface area (TPSA) is 84.6 Å². The fourth-order valence-electron chi connectivity index (χ4n) is 2.62. The Balaban J connectivity index is 2.62. The van der Waals surface area contributed by atoms with Crippen molar-refractivity contribution in [3.8, 4) is 6.07 Å². The van der Waals surface area contributed by atoms with Gasteiger partial charge in [0.1, 0.15) is 0 Å². The van der Waals surface area contributed by atoms with Crippen LogP contribution in [0.3, 0.4) is 0 Å². The van der Waals surface area contributed by atoms with Gasteiger partial charge in [-0.15, -0.1) is 0 Å². The average Bonchev–Trinajstić information content (AvgIpc) is 2.47. The number of rotatable bonds is 5. The highest BCUT2D eigenvalue weighted by atomic mass is 16.4. The molecule has 0 unspecified atom stereocenters. The SMILES string of the molecule is CCN(CCC#N)C(=O)N1CCC(CC)(C(=O)O)CC1. The van der Waals surface area contributed by atoms with Gasteiger partial charge in [0, 0.05) is 26.2 Å². The Labute approximate surface area is 120 Å². The number of hydrogen-bond donors (Lipinski definition) is 1. The quantitative estimate of drug-likeness (QED) is 0.834. The van der Waals surface area contributed by atoms with Crippen molar-refractivity contribution in [2.45, 2.75) is 39.5 Å². The maximum atomic E-state index is 12.3. The van der Waals surface area contributed by atoms with Crippen LogP contribution in [0, 0.1) is 16.7 Å². The molecule has 0 aromatic carbocycles. The molecule has 0 atom stereocenters. The third-order valence-corrected chi connectivity index (χ3v) is 4.27. The molecule has 6 heteroatoms. The van der Waals surface area contributed by atoms with Crippen LogP contribution < -0.4 is 0 Å². The zero-order valence-electron chi connectivity index (χ0n) is 12.3. The average molecular weight is 281 g/mol. The van der Waals surface area contributed by atoms with Crippen LogP contribution in [0.2, 0.25) is 0 Å². The molecule has 1 aliphatic rings. The van der Waals surface area contributed by atoms with E-state index < -0.39 is 11.4 Å². The molecule has 112 valence electrons. The molecule has 0 bridgehead atoms. The van der Waals surface area contributed by atoms with Crippen LogP contribution in [0.4, 0.5) is 4.79 Å². The summed E-state index contributed by atoms with van der Waals surface area (Å²) in [5, 5.41) is 17.9. The Morgan fingerprint density at radius 1 is 1.35 bits per heavy atom. The molecular weight excluding hydrogens is 258 g/mol. The van der Waals surface area contributed by atoms with Gasteiger partial charge in [0.15, 0.2) is 0 Å². The molecule has 0 spiro atoms. The van der Waals surface area contributed by atoms with Gasteiger partial charge >= 0.3 is 12.0 Å². The van der Waals surface area contributed by atoms with E-state index in [1.54, 1.807) is 9.80 Å². The number of piperidine rings is 1. The first-order valence-electron chi connectivity index (χ1n) is 7.15. The van der Waals surface area contributed by atoms with Crippen molar-refractivity contribution in [1.29, 1.82) is 5.26 Å². The predicted octanol–water partition coefficient (Wildman–Crippen LogP) is 1.92. The number of carbonyl (C=O) groups excluding carboxylic acids is 1. The summed E-state index contributed by atoms with van der Waals surface area (Å²) in [4.78, 5) is 27.0. The van der Waals surface area contributed by atoms with Crippen molar-refractivity contribution in [1.82, 2.24) is 9.80 Å². The molecule has 1 rings (SSSR count). The van der Waals surface area contributed by atoms with E-state index in [1.165, 1.54) is 0 Å². The maximum Gasteiger partial charge on any atom is 0.320 e. The van der Waals surface area contributed by atoms with Gasteiger partial charge in [-0.05, 0) is 26.2 Å². The Bertz CT molecular complexity index is 395. The van der Waals surface area contributed by atoms with Gasteiger partial charge in [0.25, 0.3) is 0 Å². The maximum absolute atomic E-state index is 12.3. The van der Waals surface area contributed by atoms with Gasteiger partial charge in [-0.1, -0.05) is 6.92 Å². The minimum absolute atomic E-state index is 0.0853. The second-order valence-corrected chi connectivity index (χ2v) is 5.20. The van der Waals surface area contributed by atoms with Gasteiger partial charge in [-0.2, -0.15) is 5.26 Å². The van der Waals surface area contributed by atoms with Gasteiger partial charge in [-0.3, -0.25) is 4.79 Å². The van der Waals surface area contributed by atoms with E-state index in [4.69, 9.17) is 5.26 Å². The normalized spacial score (nSPS) is 17.4. The van der Waals surface area contributed by atoms with Gasteiger partial charge < -0.3 is 14.9 Å². The highest BCUT2D eigenvalue weighted by Crippen LogP contribution is 2.35. The summed E-state index contributed by atoms with van der Waals surface area (Å²) >= 11 is 0. The molecule has 1 heterocycles. The first-order valence-corrected chi connectivity index (χ1v) is 7.15. The minimum atomic E-state index is -0.760. The Morgan fingerprint density at radius 3 is 2.35 bits per heavy atom. The molecule has 2 amide bonds. The molecule has 1 fully saturated rings. The van der Waals surface area contributed by atoms with E-state index in [0.29, 0.717) is 51.9 Å². The largest absolute Gasteiger partial charge is 0.481 e. The number of aliphatic carboxylic acids is 1. The monoisotopic (exact) mass is 281 g/mol.